The summed E-state index contributed by atoms with van der Waals surface area (Å²) in [5, 5.41) is 9.35. The molecule has 0 aliphatic carbocycles. The van der Waals surface area contributed by atoms with Crippen molar-refractivity contribution in [1.29, 1.82) is 0 Å². The van der Waals surface area contributed by atoms with Crippen LogP contribution in [-0.4, -0.2) is 14.6 Å². The molecule has 2 aromatic heterocycles. The predicted molar refractivity (Wildman–Crippen MR) is 88.5 cm³/mol. The molecule has 0 aliphatic heterocycles. The van der Waals surface area contributed by atoms with Crippen LogP contribution in [0.5, 0.6) is 0 Å². The normalized spacial score (nSPS) is 10.4. The van der Waals surface area contributed by atoms with Crippen LogP contribution in [0.2, 0.25) is 0 Å². The number of para-hydroxylation sites is 2. The maximum absolute atomic E-state index is 5.31. The van der Waals surface area contributed by atoms with Gasteiger partial charge in [0.1, 0.15) is 0 Å². The van der Waals surface area contributed by atoms with Crippen molar-refractivity contribution in [2.24, 2.45) is 0 Å². The van der Waals surface area contributed by atoms with Crippen molar-refractivity contribution in [3.63, 3.8) is 0 Å². The van der Waals surface area contributed by atoms with E-state index in [2.05, 4.69) is 15.2 Å². The summed E-state index contributed by atoms with van der Waals surface area (Å²) in [6.07, 6.45) is 0. The van der Waals surface area contributed by atoms with Crippen LogP contribution in [0.25, 0.3) is 28.1 Å². The topological polar surface area (TPSA) is 44.8 Å². The summed E-state index contributed by atoms with van der Waals surface area (Å²) in [5.74, 6) is 0.655. The van der Waals surface area contributed by atoms with E-state index in [0.29, 0.717) is 10.6 Å². The number of benzene rings is 2. The number of pyridine rings is 1. The second-order valence-electron chi connectivity index (χ2n) is 4.87. The standard InChI is InChI=1S/C17H12N4S.Na/c22-17-20-19-16(21(17)13-7-2-1-3-8-13)15-11-10-12-6-4-5-9-14(12)18-15;/h1-11H,(H,18,20,22);/q;+1/p-1. The van der Waals surface area contributed by atoms with Crippen LogP contribution < -0.4 is 34.7 Å². The molecule has 0 amide bonds. The van der Waals surface area contributed by atoms with Crippen molar-refractivity contribution in [3.05, 3.63) is 71.5 Å². The Morgan fingerprint density at radius 3 is 2.43 bits per heavy atom. The fourth-order valence-electron chi connectivity index (χ4n) is 2.44. The Morgan fingerprint density at radius 1 is 0.870 bits per heavy atom. The van der Waals surface area contributed by atoms with Crippen molar-refractivity contribution in [2.75, 3.05) is 0 Å². The molecule has 4 rings (SSSR count). The number of hydrogen-bond acceptors (Lipinski definition) is 3. The summed E-state index contributed by atoms with van der Waals surface area (Å²) in [6.45, 7) is 0. The van der Waals surface area contributed by atoms with E-state index in [1.807, 2.05) is 71.3 Å². The molecule has 0 atom stereocenters. The third-order valence-corrected chi connectivity index (χ3v) is 3.74. The Balaban J connectivity index is 0.00000156. The van der Waals surface area contributed by atoms with Gasteiger partial charge < -0.3 is 9.67 Å². The predicted octanol–water partition coefficient (Wildman–Crippen LogP) is 0.778. The number of hydrogen-bond donors (Lipinski definition) is 0. The molecule has 6 heteroatoms. The second-order valence-corrected chi connectivity index (χ2v) is 5.23. The molecule has 0 unspecified atom stereocenters. The largest absolute Gasteiger partial charge is 1.00 e. The van der Waals surface area contributed by atoms with E-state index in [0.717, 1.165) is 22.3 Å². The van der Waals surface area contributed by atoms with Gasteiger partial charge in [0.15, 0.2) is 0 Å². The Bertz CT molecular complexity index is 1010. The fraction of sp³-hybridized carbons (Fsp3) is 0. The Hall–Kier alpha value is -1.79. The molecule has 4 nitrogen and oxygen atoms in total. The minimum atomic E-state index is 0. The molecule has 106 valence electrons. The molecule has 0 spiro atoms. The van der Waals surface area contributed by atoms with Gasteiger partial charge in [-0.1, -0.05) is 66.8 Å². The van der Waals surface area contributed by atoms with E-state index in [1.165, 1.54) is 0 Å². The molecular formula is C17H11N4NaS. The average molecular weight is 326 g/mol. The third kappa shape index (κ3) is 3.01. The molecule has 4 aromatic rings. The Kier molecular flexibility index (Phi) is 4.73. The van der Waals surface area contributed by atoms with Crippen molar-refractivity contribution in [3.8, 4) is 17.2 Å². The molecule has 0 fully saturated rings. The molecule has 0 saturated carbocycles. The first-order valence-corrected chi connectivity index (χ1v) is 7.28. The first-order chi connectivity index (χ1) is 10.8. The van der Waals surface area contributed by atoms with Crippen LogP contribution in [0.3, 0.4) is 0 Å². The van der Waals surface area contributed by atoms with E-state index in [4.69, 9.17) is 12.2 Å². The maximum Gasteiger partial charge on any atom is 1.00 e. The van der Waals surface area contributed by atoms with E-state index in [9.17, 15) is 0 Å². The SMILES string of the molecule is S=c1[n-]nc(-c2ccc3ccccc3n2)n1-c1ccccc1.[Na+]. The summed E-state index contributed by atoms with van der Waals surface area (Å²) in [6, 6.07) is 21.8. The molecular weight excluding hydrogens is 315 g/mol. The van der Waals surface area contributed by atoms with Gasteiger partial charge in [-0.25, -0.2) is 4.98 Å². The molecule has 2 aromatic carbocycles. The van der Waals surface area contributed by atoms with Gasteiger partial charge >= 0.3 is 29.6 Å². The molecule has 0 saturated heterocycles. The summed E-state index contributed by atoms with van der Waals surface area (Å²) in [5.41, 5.74) is 2.61. The van der Waals surface area contributed by atoms with Gasteiger partial charge in [-0.05, 0) is 17.8 Å². The van der Waals surface area contributed by atoms with E-state index < -0.39 is 0 Å². The average Bonchev–Trinajstić information content (AvgIpc) is 2.97. The molecule has 0 bridgehead atoms. The van der Waals surface area contributed by atoms with Crippen molar-refractivity contribution >= 4 is 23.1 Å². The third-order valence-electron chi connectivity index (χ3n) is 3.48. The van der Waals surface area contributed by atoms with Crippen molar-refractivity contribution in [2.45, 2.75) is 0 Å². The van der Waals surface area contributed by atoms with Crippen LogP contribution in [0, 0.1) is 4.77 Å². The van der Waals surface area contributed by atoms with E-state index in [1.54, 1.807) is 0 Å². The molecule has 23 heavy (non-hydrogen) atoms. The fourth-order valence-corrected chi connectivity index (χ4v) is 2.67. The smallest absolute Gasteiger partial charge is 0.390 e. The Labute approximate surface area is 160 Å². The number of fused-ring (bicyclic) bond motifs is 1. The monoisotopic (exact) mass is 326 g/mol. The first-order valence-electron chi connectivity index (χ1n) is 6.87. The number of nitrogens with zero attached hydrogens (tertiary/aromatic N) is 4. The van der Waals surface area contributed by atoms with E-state index >= 15 is 0 Å². The van der Waals surface area contributed by atoms with E-state index in [-0.39, 0.29) is 29.6 Å². The quantitative estimate of drug-likeness (QED) is 0.403. The maximum atomic E-state index is 5.31. The zero-order valence-corrected chi connectivity index (χ0v) is 15.4. The van der Waals surface area contributed by atoms with Gasteiger partial charge in [0, 0.05) is 10.2 Å². The Morgan fingerprint density at radius 2 is 1.61 bits per heavy atom. The van der Waals surface area contributed by atoms with Gasteiger partial charge in [-0.3, -0.25) is 5.10 Å². The molecule has 0 aliphatic rings. The van der Waals surface area contributed by atoms with Gasteiger partial charge in [0.2, 0.25) is 0 Å². The summed E-state index contributed by atoms with van der Waals surface area (Å²) in [7, 11) is 0. The van der Waals surface area contributed by atoms with Crippen molar-refractivity contribution in [1.82, 2.24) is 19.7 Å². The number of aromatic nitrogens is 4. The van der Waals surface area contributed by atoms with Crippen LogP contribution >= 0.6 is 12.2 Å². The molecule has 0 radical (unpaired) electrons. The minimum absolute atomic E-state index is 0. The minimum Gasteiger partial charge on any atom is -0.390 e. The van der Waals surface area contributed by atoms with Crippen LogP contribution in [0.4, 0.5) is 0 Å². The first kappa shape index (κ1) is 16.1. The van der Waals surface area contributed by atoms with Gasteiger partial charge in [-0.15, -0.1) is 0 Å². The van der Waals surface area contributed by atoms with Gasteiger partial charge in [0.05, 0.1) is 17.0 Å². The summed E-state index contributed by atoms with van der Waals surface area (Å²) < 4.78 is 2.27. The molecule has 0 N–H and O–H groups in total. The molecule has 2 heterocycles. The second kappa shape index (κ2) is 6.76. The van der Waals surface area contributed by atoms with Crippen LogP contribution in [-0.2, 0) is 0 Å². The van der Waals surface area contributed by atoms with Crippen LogP contribution in [0.1, 0.15) is 0 Å². The van der Waals surface area contributed by atoms with Crippen LogP contribution in [0.15, 0.2) is 66.7 Å². The van der Waals surface area contributed by atoms with Gasteiger partial charge in [0.25, 0.3) is 0 Å². The zero-order valence-electron chi connectivity index (χ0n) is 12.5. The van der Waals surface area contributed by atoms with Gasteiger partial charge in [-0.2, -0.15) is 0 Å². The summed E-state index contributed by atoms with van der Waals surface area (Å²) in [4.78, 5) is 4.68. The van der Waals surface area contributed by atoms with Crippen molar-refractivity contribution < 1.29 is 29.6 Å². The number of rotatable bonds is 2. The summed E-state index contributed by atoms with van der Waals surface area (Å²) >= 11 is 5.31. The zero-order chi connectivity index (χ0) is 14.9.